The lowest BCUT2D eigenvalue weighted by atomic mass is 9.90. The van der Waals surface area contributed by atoms with E-state index in [-0.39, 0.29) is 27.9 Å². The van der Waals surface area contributed by atoms with Crippen LogP contribution in [0.3, 0.4) is 0 Å². The minimum absolute atomic E-state index is 0.0335. The highest BCUT2D eigenvalue weighted by atomic mass is 16.4. The molecule has 0 saturated heterocycles. The third kappa shape index (κ3) is 2.95. The van der Waals surface area contributed by atoms with Gasteiger partial charge in [-0.1, -0.05) is 18.2 Å². The summed E-state index contributed by atoms with van der Waals surface area (Å²) < 4.78 is 6.00. The van der Waals surface area contributed by atoms with Crippen LogP contribution in [0.25, 0.3) is 43.8 Å². The topological polar surface area (TPSA) is 125 Å². The van der Waals surface area contributed by atoms with Crippen LogP contribution in [0, 0.1) is 0 Å². The van der Waals surface area contributed by atoms with Crippen LogP contribution in [0.1, 0.15) is 20.7 Å². The number of carbonyl (C=O) groups is 2. The van der Waals surface area contributed by atoms with Crippen LogP contribution in [0.2, 0.25) is 0 Å². The Morgan fingerprint density at radius 2 is 1.53 bits per heavy atom. The normalized spacial score (nSPS) is 11.2. The molecular formula is C25H14O7. The number of carboxylic acid groups (broad SMARTS) is 2. The maximum atomic E-state index is 12.2. The Hall–Kier alpha value is -4.65. The standard InChI is InChI=1S/C25H14O7/c26-14-4-1-12-3-8-20-23(18(12)10-14)22(17-7-5-15(27)11-21(17)32-20)16-6-2-13(24(28)29)9-19(16)25(30)31/h1-11,27H,(H,28,29)(H,30,31). The van der Waals surface area contributed by atoms with Gasteiger partial charge in [0, 0.05) is 22.4 Å². The van der Waals surface area contributed by atoms with Crippen LogP contribution in [-0.2, 0) is 0 Å². The van der Waals surface area contributed by atoms with Crippen molar-refractivity contribution >= 4 is 44.6 Å². The number of phenolic OH excluding ortho intramolecular Hbond substituents is 1. The molecule has 0 radical (unpaired) electrons. The minimum Gasteiger partial charge on any atom is -0.508 e. The number of aromatic carboxylic acids is 2. The van der Waals surface area contributed by atoms with Crippen molar-refractivity contribution < 1.29 is 29.3 Å². The molecule has 156 valence electrons. The van der Waals surface area contributed by atoms with Crippen molar-refractivity contribution in [1.82, 2.24) is 0 Å². The van der Waals surface area contributed by atoms with Gasteiger partial charge in [0.05, 0.1) is 11.1 Å². The molecule has 0 bridgehead atoms. The third-order valence-corrected chi connectivity index (χ3v) is 5.43. The van der Waals surface area contributed by atoms with Crippen LogP contribution >= 0.6 is 0 Å². The lowest BCUT2D eigenvalue weighted by Gasteiger charge is -2.15. The smallest absolute Gasteiger partial charge is 0.336 e. The lowest BCUT2D eigenvalue weighted by molar-refractivity contribution is 0.0696. The summed E-state index contributed by atoms with van der Waals surface area (Å²) in [5, 5.41) is 31.5. The van der Waals surface area contributed by atoms with Crippen LogP contribution in [-0.4, -0.2) is 27.3 Å². The SMILES string of the molecule is O=C(O)c1ccc(-c2c3ccc(O)cc3oc3ccc4ccc(=O)cc4c23)c(C(=O)O)c1. The Labute approximate surface area is 179 Å². The first-order valence-electron chi connectivity index (χ1n) is 9.57. The summed E-state index contributed by atoms with van der Waals surface area (Å²) in [5.74, 6) is -2.58. The second-order valence-corrected chi connectivity index (χ2v) is 7.35. The second kappa shape index (κ2) is 6.95. The summed E-state index contributed by atoms with van der Waals surface area (Å²) in [7, 11) is 0. The molecule has 1 heterocycles. The van der Waals surface area contributed by atoms with E-state index in [0.717, 1.165) is 11.5 Å². The van der Waals surface area contributed by atoms with Crippen LogP contribution < -0.4 is 5.43 Å². The van der Waals surface area contributed by atoms with Gasteiger partial charge in [0.25, 0.3) is 0 Å². The van der Waals surface area contributed by atoms with E-state index < -0.39 is 11.9 Å². The fourth-order valence-electron chi connectivity index (χ4n) is 4.03. The van der Waals surface area contributed by atoms with E-state index in [2.05, 4.69) is 0 Å². The first-order chi connectivity index (χ1) is 15.3. The van der Waals surface area contributed by atoms with Gasteiger partial charge in [-0.15, -0.1) is 0 Å². The maximum Gasteiger partial charge on any atom is 0.336 e. The van der Waals surface area contributed by atoms with E-state index in [1.165, 1.54) is 36.4 Å². The molecule has 0 aliphatic rings. The van der Waals surface area contributed by atoms with E-state index in [1.807, 2.05) is 0 Å². The zero-order chi connectivity index (χ0) is 22.6. The maximum absolute atomic E-state index is 12.2. The molecule has 0 fully saturated rings. The Balaban J connectivity index is 2.05. The van der Waals surface area contributed by atoms with Gasteiger partial charge in [0.15, 0.2) is 5.43 Å². The van der Waals surface area contributed by atoms with Gasteiger partial charge < -0.3 is 19.7 Å². The molecule has 1 aromatic heterocycles. The number of carboxylic acids is 2. The average molecular weight is 426 g/mol. The summed E-state index contributed by atoms with van der Waals surface area (Å²) in [6.45, 7) is 0. The van der Waals surface area contributed by atoms with E-state index in [9.17, 15) is 29.7 Å². The average Bonchev–Trinajstić information content (AvgIpc) is 2.76. The van der Waals surface area contributed by atoms with Crippen molar-refractivity contribution in [3.8, 4) is 16.9 Å². The van der Waals surface area contributed by atoms with E-state index in [0.29, 0.717) is 32.9 Å². The number of phenols is 1. The number of hydrogen-bond donors (Lipinski definition) is 3. The molecule has 0 unspecified atom stereocenters. The molecule has 4 aromatic carbocycles. The zero-order valence-corrected chi connectivity index (χ0v) is 16.3. The molecule has 5 aromatic rings. The predicted octanol–water partition coefficient (Wildman–Crippen LogP) is 4.87. The van der Waals surface area contributed by atoms with Gasteiger partial charge >= 0.3 is 11.9 Å². The molecule has 32 heavy (non-hydrogen) atoms. The van der Waals surface area contributed by atoms with Crippen molar-refractivity contribution in [2.45, 2.75) is 0 Å². The molecule has 3 N–H and O–H groups in total. The van der Waals surface area contributed by atoms with Gasteiger partial charge in [-0.3, -0.25) is 4.79 Å². The van der Waals surface area contributed by atoms with Crippen molar-refractivity contribution in [1.29, 1.82) is 0 Å². The Bertz CT molecular complexity index is 1660. The summed E-state index contributed by atoms with van der Waals surface area (Å²) >= 11 is 0. The molecule has 7 nitrogen and oxygen atoms in total. The second-order valence-electron chi connectivity index (χ2n) is 7.35. The summed E-state index contributed by atoms with van der Waals surface area (Å²) in [6.07, 6.45) is 0. The number of benzene rings is 4. The molecule has 0 aliphatic heterocycles. The van der Waals surface area contributed by atoms with Gasteiger partial charge in [-0.25, -0.2) is 9.59 Å². The number of fused-ring (bicyclic) bond motifs is 4. The number of rotatable bonds is 3. The van der Waals surface area contributed by atoms with Crippen molar-refractivity contribution in [3.05, 3.63) is 88.1 Å². The van der Waals surface area contributed by atoms with Gasteiger partial charge in [-0.2, -0.15) is 0 Å². The fourth-order valence-corrected chi connectivity index (χ4v) is 4.03. The van der Waals surface area contributed by atoms with E-state index in [4.69, 9.17) is 4.42 Å². The van der Waals surface area contributed by atoms with Crippen LogP contribution in [0.5, 0.6) is 5.75 Å². The first-order valence-corrected chi connectivity index (χ1v) is 9.57. The van der Waals surface area contributed by atoms with Gasteiger partial charge in [0.1, 0.15) is 16.9 Å². The first kappa shape index (κ1) is 19.3. The highest BCUT2D eigenvalue weighted by Gasteiger charge is 2.21. The van der Waals surface area contributed by atoms with Gasteiger partial charge in [0.2, 0.25) is 0 Å². The molecule has 0 amide bonds. The Morgan fingerprint density at radius 1 is 0.750 bits per heavy atom. The zero-order valence-electron chi connectivity index (χ0n) is 16.3. The van der Waals surface area contributed by atoms with Crippen molar-refractivity contribution in [2.75, 3.05) is 0 Å². The number of hydrogen-bond acceptors (Lipinski definition) is 5. The van der Waals surface area contributed by atoms with E-state index >= 15 is 0 Å². The number of aromatic hydroxyl groups is 1. The molecular weight excluding hydrogens is 412 g/mol. The summed E-state index contributed by atoms with van der Waals surface area (Å²) in [5.41, 5.74) is 0.835. The van der Waals surface area contributed by atoms with E-state index in [1.54, 1.807) is 24.3 Å². The monoisotopic (exact) mass is 426 g/mol. The molecule has 0 aliphatic carbocycles. The minimum atomic E-state index is -1.30. The Kier molecular flexibility index (Phi) is 4.20. The fraction of sp³-hybridized carbons (Fsp3) is 0. The predicted molar refractivity (Wildman–Crippen MR) is 119 cm³/mol. The highest BCUT2D eigenvalue weighted by molar-refractivity contribution is 6.20. The lowest BCUT2D eigenvalue weighted by Crippen LogP contribution is -2.05. The third-order valence-electron chi connectivity index (χ3n) is 5.43. The van der Waals surface area contributed by atoms with Crippen LogP contribution in [0.15, 0.2) is 75.9 Å². The molecule has 0 spiro atoms. The molecule has 5 rings (SSSR count). The molecule has 0 atom stereocenters. The highest BCUT2D eigenvalue weighted by Crippen LogP contribution is 2.42. The van der Waals surface area contributed by atoms with Gasteiger partial charge in [-0.05, 0) is 58.8 Å². The molecule has 0 saturated carbocycles. The van der Waals surface area contributed by atoms with Crippen molar-refractivity contribution in [3.63, 3.8) is 0 Å². The molecule has 7 heteroatoms. The summed E-state index contributed by atoms with van der Waals surface area (Å²) in [6, 6.07) is 16.4. The largest absolute Gasteiger partial charge is 0.508 e. The van der Waals surface area contributed by atoms with Crippen molar-refractivity contribution in [2.24, 2.45) is 0 Å². The summed E-state index contributed by atoms with van der Waals surface area (Å²) in [4.78, 5) is 35.7. The quantitative estimate of drug-likeness (QED) is 0.278. The van der Waals surface area contributed by atoms with Crippen LogP contribution in [0.4, 0.5) is 0 Å². The Morgan fingerprint density at radius 3 is 2.28 bits per heavy atom.